The number of unbranched alkanes of at least 4 members (excludes halogenated alkanes) is 1. The van der Waals surface area contributed by atoms with Crippen LogP contribution < -0.4 is 0 Å². The van der Waals surface area contributed by atoms with Crippen LogP contribution in [0.5, 0.6) is 0 Å². The second-order valence-electron chi connectivity index (χ2n) is 6.50. The van der Waals surface area contributed by atoms with E-state index >= 15 is 0 Å². The molecule has 0 bridgehead atoms. The fraction of sp³-hybridized carbons (Fsp3) is 0.208. The molecule has 1 N–H and O–H groups in total. The molecule has 3 nitrogen and oxygen atoms in total. The Morgan fingerprint density at radius 1 is 1.00 bits per heavy atom. The largest absolute Gasteiger partial charge is 0.463 e. The molecule has 0 saturated carbocycles. The first-order valence-corrected chi connectivity index (χ1v) is 10.2. The number of ether oxygens (including phenoxy) is 1. The van der Waals surface area contributed by atoms with Gasteiger partial charge in [-0.2, -0.15) is 0 Å². The normalized spacial score (nSPS) is 11.6. The molecule has 1 heterocycles. The first-order chi connectivity index (χ1) is 13.6. The summed E-state index contributed by atoms with van der Waals surface area (Å²) in [5.74, 6) is -0.343. The van der Waals surface area contributed by atoms with Crippen molar-refractivity contribution in [1.29, 1.82) is 0 Å². The van der Waals surface area contributed by atoms with Crippen molar-refractivity contribution in [3.63, 3.8) is 0 Å². The van der Waals surface area contributed by atoms with Gasteiger partial charge in [0, 0.05) is 15.8 Å². The molecule has 0 fully saturated rings. The molecule has 4 heteroatoms. The van der Waals surface area contributed by atoms with E-state index in [4.69, 9.17) is 4.74 Å². The average Bonchev–Trinajstić information content (AvgIpc) is 3.23. The van der Waals surface area contributed by atoms with E-state index < -0.39 is 5.60 Å². The Bertz CT molecular complexity index is 874. The van der Waals surface area contributed by atoms with Gasteiger partial charge in [-0.05, 0) is 35.8 Å². The van der Waals surface area contributed by atoms with Crippen molar-refractivity contribution < 1.29 is 14.6 Å². The van der Waals surface area contributed by atoms with Crippen LogP contribution in [-0.4, -0.2) is 17.7 Å². The third-order valence-electron chi connectivity index (χ3n) is 4.49. The molecule has 144 valence electrons. The summed E-state index contributed by atoms with van der Waals surface area (Å²) >= 11 is 1.46. The summed E-state index contributed by atoms with van der Waals surface area (Å²) in [6, 6.07) is 23.1. The van der Waals surface area contributed by atoms with Crippen LogP contribution in [0.25, 0.3) is 6.08 Å². The lowest BCUT2D eigenvalue weighted by molar-refractivity contribution is -0.137. The van der Waals surface area contributed by atoms with Crippen LogP contribution in [0.4, 0.5) is 0 Å². The number of esters is 1. The molecule has 0 unspecified atom stereocenters. The summed E-state index contributed by atoms with van der Waals surface area (Å²) in [5, 5.41) is 11.8. The standard InChI is InChI=1S/C24H24O3S/c1-2-3-18-27-23(25)17-15-21-14-16-22(28-21)24(26,19-10-6-4-7-11-19)20-12-8-5-9-13-20/h4-17,26H,2-3,18H2,1H3/b17-15+. The van der Waals surface area contributed by atoms with Crippen LogP contribution in [0.1, 0.15) is 40.6 Å². The number of carbonyl (C=O) groups is 1. The van der Waals surface area contributed by atoms with E-state index in [2.05, 4.69) is 6.92 Å². The molecule has 0 aliphatic heterocycles. The van der Waals surface area contributed by atoms with E-state index in [1.807, 2.05) is 72.8 Å². The van der Waals surface area contributed by atoms with Crippen LogP contribution in [0, 0.1) is 0 Å². The first-order valence-electron chi connectivity index (χ1n) is 9.43. The zero-order valence-corrected chi connectivity index (χ0v) is 16.7. The van der Waals surface area contributed by atoms with Crippen LogP contribution >= 0.6 is 11.3 Å². The highest BCUT2D eigenvalue weighted by Gasteiger charge is 2.34. The minimum Gasteiger partial charge on any atom is -0.463 e. The number of aliphatic hydroxyl groups is 1. The predicted molar refractivity (Wildman–Crippen MR) is 114 cm³/mol. The van der Waals surface area contributed by atoms with Gasteiger partial charge in [-0.1, -0.05) is 74.0 Å². The van der Waals surface area contributed by atoms with Gasteiger partial charge >= 0.3 is 5.97 Å². The number of rotatable bonds is 8. The minimum atomic E-state index is -1.25. The topological polar surface area (TPSA) is 46.5 Å². The highest BCUT2D eigenvalue weighted by atomic mass is 32.1. The summed E-state index contributed by atoms with van der Waals surface area (Å²) in [4.78, 5) is 13.5. The SMILES string of the molecule is CCCCOC(=O)/C=C/c1ccc(C(O)(c2ccccc2)c2ccccc2)s1. The molecule has 2 aromatic carbocycles. The van der Waals surface area contributed by atoms with Crippen LogP contribution in [0.2, 0.25) is 0 Å². The Hall–Kier alpha value is -2.69. The van der Waals surface area contributed by atoms with E-state index in [0.29, 0.717) is 6.61 Å². The monoisotopic (exact) mass is 392 g/mol. The van der Waals surface area contributed by atoms with Crippen molar-refractivity contribution >= 4 is 23.4 Å². The number of benzene rings is 2. The Labute approximate surface area is 169 Å². The third-order valence-corrected chi connectivity index (χ3v) is 5.65. The van der Waals surface area contributed by atoms with E-state index in [9.17, 15) is 9.90 Å². The minimum absolute atomic E-state index is 0.343. The van der Waals surface area contributed by atoms with Gasteiger partial charge in [0.1, 0.15) is 5.60 Å². The zero-order valence-electron chi connectivity index (χ0n) is 15.9. The lowest BCUT2D eigenvalue weighted by atomic mass is 9.85. The molecular formula is C24H24O3S. The first kappa shape index (κ1) is 20.1. The van der Waals surface area contributed by atoms with E-state index in [0.717, 1.165) is 33.7 Å². The Kier molecular flexibility index (Phi) is 6.80. The molecule has 3 aromatic rings. The predicted octanol–water partition coefficient (Wildman–Crippen LogP) is 5.39. The van der Waals surface area contributed by atoms with Crippen LogP contribution in [-0.2, 0) is 15.1 Å². The molecule has 3 rings (SSSR count). The maximum atomic E-state index is 11.8. The molecular weight excluding hydrogens is 368 g/mol. The van der Waals surface area contributed by atoms with Crippen molar-refractivity contribution in [2.24, 2.45) is 0 Å². The lowest BCUT2D eigenvalue weighted by Gasteiger charge is -2.28. The molecule has 0 saturated heterocycles. The summed E-state index contributed by atoms with van der Waals surface area (Å²) in [7, 11) is 0. The summed E-state index contributed by atoms with van der Waals surface area (Å²) in [5.41, 5.74) is 0.357. The summed E-state index contributed by atoms with van der Waals surface area (Å²) in [6.07, 6.45) is 5.03. The van der Waals surface area contributed by atoms with Gasteiger partial charge in [-0.15, -0.1) is 11.3 Å². The fourth-order valence-electron chi connectivity index (χ4n) is 2.96. The molecule has 0 atom stereocenters. The van der Waals surface area contributed by atoms with Crippen LogP contribution in [0.15, 0.2) is 78.9 Å². The Morgan fingerprint density at radius 3 is 2.18 bits per heavy atom. The maximum Gasteiger partial charge on any atom is 0.330 e. The molecule has 1 aromatic heterocycles. The smallest absolute Gasteiger partial charge is 0.330 e. The molecule has 0 amide bonds. The van der Waals surface area contributed by atoms with E-state index in [1.54, 1.807) is 6.08 Å². The Balaban J connectivity index is 1.88. The highest BCUT2D eigenvalue weighted by molar-refractivity contribution is 7.13. The number of hydrogen-bond donors (Lipinski definition) is 1. The highest BCUT2D eigenvalue weighted by Crippen LogP contribution is 2.40. The maximum absolute atomic E-state index is 11.8. The van der Waals surface area contributed by atoms with E-state index in [1.165, 1.54) is 17.4 Å². The molecule has 28 heavy (non-hydrogen) atoms. The zero-order chi connectivity index (χ0) is 19.8. The van der Waals surface area contributed by atoms with Gasteiger partial charge < -0.3 is 9.84 Å². The number of hydrogen-bond acceptors (Lipinski definition) is 4. The second-order valence-corrected chi connectivity index (χ2v) is 7.61. The van der Waals surface area contributed by atoms with Gasteiger partial charge in [0.15, 0.2) is 0 Å². The number of thiophene rings is 1. The fourth-order valence-corrected chi connectivity index (χ4v) is 4.01. The number of carbonyl (C=O) groups excluding carboxylic acids is 1. The Morgan fingerprint density at radius 2 is 1.61 bits per heavy atom. The second kappa shape index (κ2) is 9.49. The van der Waals surface area contributed by atoms with Crippen molar-refractivity contribution in [2.45, 2.75) is 25.4 Å². The van der Waals surface area contributed by atoms with Crippen molar-refractivity contribution in [3.05, 3.63) is 99.8 Å². The summed E-state index contributed by atoms with van der Waals surface area (Å²) < 4.78 is 5.15. The third kappa shape index (κ3) is 4.58. The average molecular weight is 393 g/mol. The van der Waals surface area contributed by atoms with Gasteiger partial charge in [-0.25, -0.2) is 4.79 Å². The van der Waals surface area contributed by atoms with Gasteiger partial charge in [0.05, 0.1) is 6.61 Å². The van der Waals surface area contributed by atoms with E-state index in [-0.39, 0.29) is 5.97 Å². The van der Waals surface area contributed by atoms with Gasteiger partial charge in [-0.3, -0.25) is 0 Å². The lowest BCUT2D eigenvalue weighted by Crippen LogP contribution is -2.27. The molecule has 0 spiro atoms. The molecule has 0 aliphatic carbocycles. The van der Waals surface area contributed by atoms with Crippen molar-refractivity contribution in [3.8, 4) is 0 Å². The van der Waals surface area contributed by atoms with Crippen molar-refractivity contribution in [2.75, 3.05) is 6.61 Å². The van der Waals surface area contributed by atoms with Gasteiger partial charge in [0.2, 0.25) is 0 Å². The summed E-state index contributed by atoms with van der Waals surface area (Å²) in [6.45, 7) is 2.49. The quantitative estimate of drug-likeness (QED) is 0.318. The van der Waals surface area contributed by atoms with Gasteiger partial charge in [0.25, 0.3) is 0 Å². The van der Waals surface area contributed by atoms with Crippen molar-refractivity contribution in [1.82, 2.24) is 0 Å². The molecule has 0 radical (unpaired) electrons. The van der Waals surface area contributed by atoms with Crippen LogP contribution in [0.3, 0.4) is 0 Å². The molecule has 0 aliphatic rings.